The number of halogens is 1. The molecule has 2 rings (SSSR count). The number of Topliss-reactive ketones (excluding diaryl/α,β-unsaturated/α-hetero) is 1. The van der Waals surface area contributed by atoms with E-state index >= 15 is 0 Å². The van der Waals surface area contributed by atoms with Gasteiger partial charge < -0.3 is 9.57 Å². The third kappa shape index (κ3) is 3.33. The van der Waals surface area contributed by atoms with Gasteiger partial charge in [-0.3, -0.25) is 4.79 Å². The van der Waals surface area contributed by atoms with Crippen molar-refractivity contribution in [1.29, 1.82) is 0 Å². The number of ether oxygens (including phenoxy) is 1. The highest BCUT2D eigenvalue weighted by atomic mass is 79.9. The second-order valence-corrected chi connectivity index (χ2v) is 5.01. The maximum absolute atomic E-state index is 12.6. The van der Waals surface area contributed by atoms with Crippen LogP contribution in [-0.4, -0.2) is 29.9 Å². The van der Waals surface area contributed by atoms with Crippen LogP contribution in [0.2, 0.25) is 0 Å². The standard InChI is InChI=1S/C16H14BrNO4/c1-10(19)22-18-14(9-17)16(20)13-7-8-15(21-2)12-6-4-3-5-11(12)13/h3-8H,9H2,1-2H3. The number of carbonyl (C=O) groups excluding carboxylic acids is 2. The van der Waals surface area contributed by atoms with Crippen molar-refractivity contribution >= 4 is 44.2 Å². The van der Waals surface area contributed by atoms with Gasteiger partial charge in [0, 0.05) is 17.9 Å². The second kappa shape index (κ2) is 7.17. The van der Waals surface area contributed by atoms with E-state index in [1.54, 1.807) is 19.2 Å². The van der Waals surface area contributed by atoms with Crippen LogP contribution in [0.1, 0.15) is 17.3 Å². The molecule has 6 heteroatoms. The van der Waals surface area contributed by atoms with E-state index in [2.05, 4.69) is 25.9 Å². The van der Waals surface area contributed by atoms with Gasteiger partial charge in [-0.25, -0.2) is 4.79 Å². The van der Waals surface area contributed by atoms with E-state index in [1.165, 1.54) is 6.92 Å². The zero-order valence-electron chi connectivity index (χ0n) is 12.1. The minimum Gasteiger partial charge on any atom is -0.496 e. The molecule has 0 aliphatic carbocycles. The zero-order chi connectivity index (χ0) is 16.1. The van der Waals surface area contributed by atoms with Crippen molar-refractivity contribution in [3.63, 3.8) is 0 Å². The zero-order valence-corrected chi connectivity index (χ0v) is 13.7. The number of rotatable bonds is 5. The van der Waals surface area contributed by atoms with E-state index < -0.39 is 5.97 Å². The molecule has 0 bridgehead atoms. The number of methoxy groups -OCH3 is 1. The summed E-state index contributed by atoms with van der Waals surface area (Å²) in [5, 5.41) is 5.37. The lowest BCUT2D eigenvalue weighted by atomic mass is 9.99. The lowest BCUT2D eigenvalue weighted by Crippen LogP contribution is -2.17. The van der Waals surface area contributed by atoms with Crippen LogP contribution in [0.5, 0.6) is 5.75 Å². The molecule has 22 heavy (non-hydrogen) atoms. The van der Waals surface area contributed by atoms with E-state index in [-0.39, 0.29) is 16.8 Å². The number of nitrogens with zero attached hydrogens (tertiary/aromatic N) is 1. The predicted octanol–water partition coefficient (Wildman–Crippen LogP) is 3.35. The van der Waals surface area contributed by atoms with E-state index in [4.69, 9.17) is 4.74 Å². The second-order valence-electron chi connectivity index (χ2n) is 4.44. The van der Waals surface area contributed by atoms with Gasteiger partial charge in [0.2, 0.25) is 5.78 Å². The molecule has 0 atom stereocenters. The number of fused-ring (bicyclic) bond motifs is 1. The van der Waals surface area contributed by atoms with E-state index in [9.17, 15) is 9.59 Å². The summed E-state index contributed by atoms with van der Waals surface area (Å²) in [5.74, 6) is -0.202. The van der Waals surface area contributed by atoms with Gasteiger partial charge in [0.1, 0.15) is 11.5 Å². The number of hydrogen-bond acceptors (Lipinski definition) is 5. The Morgan fingerprint density at radius 1 is 1.14 bits per heavy atom. The van der Waals surface area contributed by atoms with Crippen molar-refractivity contribution in [2.75, 3.05) is 12.4 Å². The van der Waals surface area contributed by atoms with Gasteiger partial charge in [-0.15, -0.1) is 0 Å². The molecule has 2 aromatic carbocycles. The molecular formula is C16H14BrNO4. The topological polar surface area (TPSA) is 65.0 Å². The Hall–Kier alpha value is -2.21. The first-order valence-corrected chi connectivity index (χ1v) is 7.61. The van der Waals surface area contributed by atoms with Crippen LogP contribution in [0, 0.1) is 0 Å². The number of hydrogen-bond donors (Lipinski definition) is 0. The van der Waals surface area contributed by atoms with Gasteiger partial charge in [0.15, 0.2) is 0 Å². The van der Waals surface area contributed by atoms with Gasteiger partial charge in [-0.05, 0) is 17.5 Å². The fourth-order valence-electron chi connectivity index (χ4n) is 2.05. The first-order chi connectivity index (χ1) is 10.6. The lowest BCUT2D eigenvalue weighted by molar-refractivity contribution is -0.140. The first-order valence-electron chi connectivity index (χ1n) is 6.49. The Morgan fingerprint density at radius 2 is 1.82 bits per heavy atom. The molecule has 0 spiro atoms. The van der Waals surface area contributed by atoms with E-state index in [0.29, 0.717) is 11.3 Å². The van der Waals surface area contributed by atoms with Crippen LogP contribution in [0.25, 0.3) is 10.8 Å². The number of benzene rings is 2. The Labute approximate surface area is 136 Å². The highest BCUT2D eigenvalue weighted by molar-refractivity contribution is 9.09. The Balaban J connectivity index is 2.52. The average molecular weight is 364 g/mol. The van der Waals surface area contributed by atoms with Crippen molar-refractivity contribution in [3.05, 3.63) is 42.0 Å². The quantitative estimate of drug-likeness (QED) is 0.268. The number of oxime groups is 1. The van der Waals surface area contributed by atoms with Gasteiger partial charge in [0.25, 0.3) is 0 Å². The molecular weight excluding hydrogens is 350 g/mol. The maximum atomic E-state index is 12.6. The largest absolute Gasteiger partial charge is 0.496 e. The van der Waals surface area contributed by atoms with Crippen molar-refractivity contribution in [2.24, 2.45) is 5.16 Å². The van der Waals surface area contributed by atoms with Crippen molar-refractivity contribution in [1.82, 2.24) is 0 Å². The fraction of sp³-hybridized carbons (Fsp3) is 0.188. The van der Waals surface area contributed by atoms with Crippen LogP contribution in [0.15, 0.2) is 41.6 Å². The molecule has 5 nitrogen and oxygen atoms in total. The Kier molecular flexibility index (Phi) is 5.27. The van der Waals surface area contributed by atoms with Crippen LogP contribution in [-0.2, 0) is 9.63 Å². The third-order valence-electron chi connectivity index (χ3n) is 3.02. The van der Waals surface area contributed by atoms with Crippen molar-refractivity contribution in [2.45, 2.75) is 6.92 Å². The van der Waals surface area contributed by atoms with Crippen LogP contribution in [0.4, 0.5) is 0 Å². The minimum absolute atomic E-state index is 0.116. The lowest BCUT2D eigenvalue weighted by Gasteiger charge is -2.10. The summed E-state index contributed by atoms with van der Waals surface area (Å²) in [4.78, 5) is 28.0. The Morgan fingerprint density at radius 3 is 2.41 bits per heavy atom. The summed E-state index contributed by atoms with van der Waals surface area (Å²) in [6, 6.07) is 10.8. The summed E-state index contributed by atoms with van der Waals surface area (Å²) in [5.41, 5.74) is 0.590. The van der Waals surface area contributed by atoms with Gasteiger partial charge in [-0.2, -0.15) is 0 Å². The molecule has 0 aromatic heterocycles. The third-order valence-corrected chi connectivity index (χ3v) is 3.55. The summed E-state index contributed by atoms with van der Waals surface area (Å²) < 4.78 is 5.31. The van der Waals surface area contributed by atoms with Gasteiger partial charge in [-0.1, -0.05) is 45.4 Å². The summed E-state index contributed by atoms with van der Waals surface area (Å²) in [6.45, 7) is 1.22. The maximum Gasteiger partial charge on any atom is 0.331 e. The molecule has 0 fully saturated rings. The molecule has 0 saturated carbocycles. The fourth-order valence-corrected chi connectivity index (χ4v) is 2.41. The van der Waals surface area contributed by atoms with Gasteiger partial charge >= 0.3 is 5.97 Å². The molecule has 0 heterocycles. The minimum atomic E-state index is -0.578. The predicted molar refractivity (Wildman–Crippen MR) is 87.8 cm³/mol. The molecule has 0 unspecified atom stereocenters. The van der Waals surface area contributed by atoms with E-state index in [1.807, 2.05) is 24.3 Å². The van der Waals surface area contributed by atoms with Gasteiger partial charge in [0.05, 0.1) is 12.4 Å². The highest BCUT2D eigenvalue weighted by Crippen LogP contribution is 2.28. The first kappa shape index (κ1) is 16.2. The van der Waals surface area contributed by atoms with Crippen LogP contribution >= 0.6 is 15.9 Å². The van der Waals surface area contributed by atoms with Crippen LogP contribution < -0.4 is 4.74 Å². The summed E-state index contributed by atoms with van der Waals surface area (Å²) in [6.07, 6.45) is 0. The van der Waals surface area contributed by atoms with Crippen molar-refractivity contribution < 1.29 is 19.2 Å². The monoisotopic (exact) mass is 363 g/mol. The molecule has 0 amide bonds. The average Bonchev–Trinajstić information content (AvgIpc) is 2.53. The smallest absolute Gasteiger partial charge is 0.331 e. The molecule has 2 aromatic rings. The number of alkyl halides is 1. The van der Waals surface area contributed by atoms with Crippen molar-refractivity contribution in [3.8, 4) is 5.75 Å². The van der Waals surface area contributed by atoms with Crippen LogP contribution in [0.3, 0.4) is 0 Å². The Bertz CT molecular complexity index is 755. The number of carbonyl (C=O) groups is 2. The molecule has 0 aliphatic rings. The summed E-state index contributed by atoms with van der Waals surface area (Å²) in [7, 11) is 1.58. The molecule has 0 saturated heterocycles. The summed E-state index contributed by atoms with van der Waals surface area (Å²) >= 11 is 3.19. The van der Waals surface area contributed by atoms with E-state index in [0.717, 1.165) is 10.8 Å². The number of ketones is 1. The SMILES string of the molecule is COc1ccc(C(=O)C(CBr)=NOC(C)=O)c2ccccc12. The molecule has 0 aliphatic heterocycles. The highest BCUT2D eigenvalue weighted by Gasteiger charge is 2.18. The molecule has 114 valence electrons. The molecule has 0 radical (unpaired) electrons. The normalized spacial score (nSPS) is 11.3. The molecule has 0 N–H and O–H groups in total.